The molecule has 1 aromatic rings. The van der Waals surface area contributed by atoms with Crippen molar-refractivity contribution < 1.29 is 23.8 Å². The van der Waals surface area contributed by atoms with Gasteiger partial charge in [-0.2, -0.15) is 0 Å². The third-order valence-corrected chi connectivity index (χ3v) is 8.43. The highest BCUT2D eigenvalue weighted by Gasteiger charge is 2.39. The molecule has 38 heavy (non-hydrogen) atoms. The average Bonchev–Trinajstić information content (AvgIpc) is 2.89. The molecule has 3 atom stereocenters. The lowest BCUT2D eigenvalue weighted by molar-refractivity contribution is -0.142. The first kappa shape index (κ1) is 28.7. The molecular weight excluding hydrogens is 482 g/mol. The van der Waals surface area contributed by atoms with Gasteiger partial charge >= 0.3 is 12.1 Å². The van der Waals surface area contributed by atoms with E-state index in [-0.39, 0.29) is 12.1 Å². The fourth-order valence-corrected chi connectivity index (χ4v) is 6.33. The van der Waals surface area contributed by atoms with Crippen molar-refractivity contribution in [2.24, 2.45) is 11.8 Å². The molecule has 0 saturated carbocycles. The Morgan fingerprint density at radius 2 is 1.63 bits per heavy atom. The lowest BCUT2D eigenvalue weighted by Gasteiger charge is -2.51. The van der Waals surface area contributed by atoms with E-state index in [9.17, 15) is 9.59 Å². The fraction of sp³-hybridized carbons (Fsp3) is 0.733. The predicted octanol–water partition coefficient (Wildman–Crippen LogP) is 4.21. The number of rotatable bonds is 7. The van der Waals surface area contributed by atoms with Crippen molar-refractivity contribution in [3.8, 4) is 5.75 Å². The summed E-state index contributed by atoms with van der Waals surface area (Å²) in [5.41, 5.74) is 0.869. The Balaban J connectivity index is 1.40. The second kappa shape index (κ2) is 12.7. The Bertz CT molecular complexity index is 923. The van der Waals surface area contributed by atoms with Gasteiger partial charge in [-0.25, -0.2) is 4.79 Å². The molecule has 0 aliphatic carbocycles. The molecule has 1 amide bonds. The number of carbonyl (C=O) groups excluding carboxylic acids is 2. The van der Waals surface area contributed by atoms with Crippen LogP contribution >= 0.6 is 0 Å². The molecule has 0 radical (unpaired) electrons. The number of methoxy groups -OCH3 is 2. The first-order valence-electron chi connectivity index (χ1n) is 14.3. The molecule has 3 aliphatic heterocycles. The smallest absolute Gasteiger partial charge is 0.410 e. The summed E-state index contributed by atoms with van der Waals surface area (Å²) >= 11 is 0. The van der Waals surface area contributed by atoms with Crippen LogP contribution in [0, 0.1) is 11.8 Å². The molecule has 212 valence electrons. The van der Waals surface area contributed by atoms with E-state index < -0.39 is 5.60 Å². The predicted molar refractivity (Wildman–Crippen MR) is 147 cm³/mol. The van der Waals surface area contributed by atoms with Crippen molar-refractivity contribution in [1.29, 1.82) is 0 Å². The molecule has 1 aromatic carbocycles. The molecule has 0 N–H and O–H groups in total. The Kier molecular flexibility index (Phi) is 9.58. The Morgan fingerprint density at radius 3 is 2.26 bits per heavy atom. The molecule has 0 aromatic heterocycles. The molecule has 3 heterocycles. The summed E-state index contributed by atoms with van der Waals surface area (Å²) < 4.78 is 15.9. The number of hydrogen-bond donors (Lipinski definition) is 0. The maximum Gasteiger partial charge on any atom is 0.410 e. The van der Waals surface area contributed by atoms with Crippen molar-refractivity contribution in [1.82, 2.24) is 14.7 Å². The summed E-state index contributed by atoms with van der Waals surface area (Å²) in [6, 6.07) is 9.40. The van der Waals surface area contributed by atoms with E-state index in [1.165, 1.54) is 12.7 Å². The van der Waals surface area contributed by atoms with Crippen LogP contribution < -0.4 is 4.74 Å². The van der Waals surface area contributed by atoms with Crippen LogP contribution in [0.5, 0.6) is 5.75 Å². The third-order valence-electron chi connectivity index (χ3n) is 8.43. The van der Waals surface area contributed by atoms with E-state index >= 15 is 0 Å². The quantitative estimate of drug-likeness (QED) is 0.490. The van der Waals surface area contributed by atoms with E-state index in [0.29, 0.717) is 30.3 Å². The summed E-state index contributed by atoms with van der Waals surface area (Å²) in [7, 11) is 3.19. The zero-order chi connectivity index (χ0) is 27.3. The Hall–Kier alpha value is -2.32. The van der Waals surface area contributed by atoms with Gasteiger partial charge in [0, 0.05) is 51.2 Å². The van der Waals surface area contributed by atoms with Crippen molar-refractivity contribution >= 4 is 12.1 Å². The molecule has 0 bridgehead atoms. The van der Waals surface area contributed by atoms with Gasteiger partial charge in [-0.15, -0.1) is 0 Å². The third kappa shape index (κ3) is 7.85. The van der Waals surface area contributed by atoms with Crippen LogP contribution in [0.3, 0.4) is 0 Å². The van der Waals surface area contributed by atoms with Gasteiger partial charge in [-0.05, 0) is 89.0 Å². The van der Waals surface area contributed by atoms with E-state index in [2.05, 4.69) is 34.1 Å². The van der Waals surface area contributed by atoms with Crippen LogP contribution in [0.2, 0.25) is 0 Å². The molecule has 3 saturated heterocycles. The molecule has 0 spiro atoms. The Labute approximate surface area is 228 Å². The van der Waals surface area contributed by atoms with Gasteiger partial charge < -0.3 is 19.1 Å². The number of ether oxygens (including phenoxy) is 3. The minimum Gasteiger partial charge on any atom is -0.497 e. The van der Waals surface area contributed by atoms with Crippen LogP contribution in [0.15, 0.2) is 24.3 Å². The number of fused-ring (bicyclic) bond motifs is 1. The molecule has 3 aliphatic rings. The highest BCUT2D eigenvalue weighted by atomic mass is 16.6. The van der Waals surface area contributed by atoms with E-state index in [1.54, 1.807) is 7.11 Å². The highest BCUT2D eigenvalue weighted by Crippen LogP contribution is 2.32. The zero-order valence-electron chi connectivity index (χ0n) is 24.0. The van der Waals surface area contributed by atoms with Gasteiger partial charge in [0.15, 0.2) is 0 Å². The standard InChI is InChI=1S/C30H47N3O5/c1-30(2,3)38-29(35)31-13-10-23(11-14-31)19-33-21-25-17-24(18-28(34)37-5)12-15-32(25)20-26(33)16-22-6-8-27(36-4)9-7-22/h6-9,23-26H,10-21H2,1-5H3/t24?,25-,26+/m1/s1. The normalized spacial score (nSPS) is 25.5. The van der Waals surface area contributed by atoms with E-state index in [1.807, 2.05) is 25.7 Å². The maximum absolute atomic E-state index is 12.5. The monoisotopic (exact) mass is 529 g/mol. The topological polar surface area (TPSA) is 71.5 Å². The average molecular weight is 530 g/mol. The van der Waals surface area contributed by atoms with Crippen molar-refractivity contribution in [3.05, 3.63) is 29.8 Å². The SMILES string of the molecule is COC(=O)CC1CCN2C[C@H](Cc3ccc(OC)cc3)N(CC3CCN(C(=O)OC(C)(C)C)CC3)C[C@H]2C1. The van der Waals surface area contributed by atoms with Crippen LogP contribution in [0.4, 0.5) is 4.79 Å². The summed E-state index contributed by atoms with van der Waals surface area (Å²) in [5.74, 6) is 1.76. The fourth-order valence-electron chi connectivity index (χ4n) is 6.33. The molecule has 8 nitrogen and oxygen atoms in total. The van der Waals surface area contributed by atoms with Crippen LogP contribution in [0.1, 0.15) is 58.4 Å². The van der Waals surface area contributed by atoms with Gasteiger partial charge in [0.2, 0.25) is 0 Å². The second-order valence-electron chi connectivity index (χ2n) is 12.4. The summed E-state index contributed by atoms with van der Waals surface area (Å²) in [5, 5.41) is 0. The van der Waals surface area contributed by atoms with Crippen LogP contribution in [-0.4, -0.2) is 97.9 Å². The summed E-state index contributed by atoms with van der Waals surface area (Å²) in [4.78, 5) is 31.7. The van der Waals surface area contributed by atoms with Gasteiger partial charge in [0.1, 0.15) is 11.4 Å². The summed E-state index contributed by atoms with van der Waals surface area (Å²) in [6.07, 6.45) is 5.46. The van der Waals surface area contributed by atoms with E-state index in [0.717, 1.165) is 77.1 Å². The number of nitrogens with zero attached hydrogens (tertiary/aromatic N) is 3. The van der Waals surface area contributed by atoms with Gasteiger partial charge in [0.25, 0.3) is 0 Å². The number of esters is 1. The lowest BCUT2D eigenvalue weighted by Crippen LogP contribution is -2.62. The largest absolute Gasteiger partial charge is 0.497 e. The molecule has 8 heteroatoms. The summed E-state index contributed by atoms with van der Waals surface area (Å²) in [6.45, 7) is 11.5. The number of likely N-dealkylation sites (tertiary alicyclic amines) is 1. The van der Waals surface area contributed by atoms with Crippen LogP contribution in [-0.2, 0) is 20.7 Å². The van der Waals surface area contributed by atoms with Crippen molar-refractivity contribution in [3.63, 3.8) is 0 Å². The Morgan fingerprint density at radius 1 is 0.947 bits per heavy atom. The number of amides is 1. The molecular formula is C30H47N3O5. The first-order chi connectivity index (χ1) is 18.1. The molecule has 1 unspecified atom stereocenters. The number of piperidine rings is 2. The van der Waals surface area contributed by atoms with E-state index in [4.69, 9.17) is 14.2 Å². The minimum atomic E-state index is -0.464. The number of benzene rings is 1. The number of piperazine rings is 1. The highest BCUT2D eigenvalue weighted by molar-refractivity contribution is 5.69. The molecule has 4 rings (SSSR count). The van der Waals surface area contributed by atoms with Crippen LogP contribution in [0.25, 0.3) is 0 Å². The first-order valence-corrected chi connectivity index (χ1v) is 14.3. The number of carbonyl (C=O) groups is 2. The minimum absolute atomic E-state index is 0.0924. The lowest BCUT2D eigenvalue weighted by atomic mass is 9.85. The van der Waals surface area contributed by atoms with Crippen molar-refractivity contribution in [2.75, 3.05) is 53.5 Å². The molecule has 3 fully saturated rings. The van der Waals surface area contributed by atoms with Gasteiger partial charge in [-0.1, -0.05) is 12.1 Å². The van der Waals surface area contributed by atoms with Gasteiger partial charge in [0.05, 0.1) is 14.2 Å². The zero-order valence-corrected chi connectivity index (χ0v) is 24.0. The van der Waals surface area contributed by atoms with Gasteiger partial charge in [-0.3, -0.25) is 14.6 Å². The van der Waals surface area contributed by atoms with Crippen molar-refractivity contribution in [2.45, 2.75) is 77.0 Å². The number of hydrogen-bond acceptors (Lipinski definition) is 7. The maximum atomic E-state index is 12.5. The second-order valence-corrected chi connectivity index (χ2v) is 12.4.